The number of nitrogens with one attached hydrogen (secondary N) is 1. The molecule has 2 aliphatic heterocycles. The van der Waals surface area contributed by atoms with Crippen molar-refractivity contribution >= 4 is 18.3 Å². The van der Waals surface area contributed by atoms with Crippen LogP contribution in [-0.2, 0) is 9.53 Å². The van der Waals surface area contributed by atoms with Crippen molar-refractivity contribution in [2.45, 2.75) is 26.7 Å². The van der Waals surface area contributed by atoms with Gasteiger partial charge in [-0.2, -0.15) is 0 Å². The average molecular weight is 277 g/mol. The molecule has 0 aromatic carbocycles. The first-order chi connectivity index (χ1) is 8.12. The van der Waals surface area contributed by atoms with Gasteiger partial charge in [-0.05, 0) is 31.8 Å². The van der Waals surface area contributed by atoms with Crippen LogP contribution in [0, 0.1) is 11.3 Å². The second-order valence-electron chi connectivity index (χ2n) is 5.65. The zero-order valence-corrected chi connectivity index (χ0v) is 12.2. The quantitative estimate of drug-likeness (QED) is 0.826. The third-order valence-corrected chi connectivity index (χ3v) is 4.21. The van der Waals surface area contributed by atoms with E-state index in [2.05, 4.69) is 19.2 Å². The number of piperidine rings is 1. The molecular weight excluding hydrogens is 252 g/mol. The van der Waals surface area contributed by atoms with Crippen LogP contribution in [0.2, 0.25) is 0 Å². The number of rotatable bonds is 2. The zero-order valence-electron chi connectivity index (χ0n) is 11.4. The molecule has 0 aromatic rings. The molecule has 2 heterocycles. The summed E-state index contributed by atoms with van der Waals surface area (Å²) < 4.78 is 5.30. The molecule has 4 nitrogen and oxygen atoms in total. The SMILES string of the molecule is CC(C)(C(=O)N1CCOCC1)C1CCNCC1.Cl. The first kappa shape index (κ1) is 15.7. The fourth-order valence-electron chi connectivity index (χ4n) is 2.89. The summed E-state index contributed by atoms with van der Waals surface area (Å²) in [6.07, 6.45) is 2.23. The molecule has 106 valence electrons. The Balaban J connectivity index is 0.00000162. The van der Waals surface area contributed by atoms with Crippen LogP contribution in [0.5, 0.6) is 0 Å². The smallest absolute Gasteiger partial charge is 0.228 e. The summed E-state index contributed by atoms with van der Waals surface area (Å²) in [6.45, 7) is 9.21. The van der Waals surface area contributed by atoms with Gasteiger partial charge in [0.2, 0.25) is 5.91 Å². The van der Waals surface area contributed by atoms with Gasteiger partial charge in [0.25, 0.3) is 0 Å². The number of hydrogen-bond donors (Lipinski definition) is 1. The largest absolute Gasteiger partial charge is 0.378 e. The van der Waals surface area contributed by atoms with Crippen molar-refractivity contribution in [3.63, 3.8) is 0 Å². The first-order valence-electron chi connectivity index (χ1n) is 6.70. The Kier molecular flexibility index (Phi) is 5.89. The summed E-state index contributed by atoms with van der Waals surface area (Å²) in [7, 11) is 0. The van der Waals surface area contributed by atoms with E-state index in [4.69, 9.17) is 4.74 Å². The summed E-state index contributed by atoms with van der Waals surface area (Å²) in [5, 5.41) is 3.36. The molecule has 0 bridgehead atoms. The lowest BCUT2D eigenvalue weighted by Crippen LogP contribution is -2.50. The monoisotopic (exact) mass is 276 g/mol. The Morgan fingerprint density at radius 2 is 1.78 bits per heavy atom. The van der Waals surface area contributed by atoms with Gasteiger partial charge in [-0.25, -0.2) is 0 Å². The highest BCUT2D eigenvalue weighted by molar-refractivity contribution is 5.85. The summed E-state index contributed by atoms with van der Waals surface area (Å²) in [4.78, 5) is 14.5. The van der Waals surface area contributed by atoms with E-state index in [9.17, 15) is 4.79 Å². The van der Waals surface area contributed by atoms with E-state index < -0.39 is 0 Å². The van der Waals surface area contributed by atoms with Crippen molar-refractivity contribution in [1.29, 1.82) is 0 Å². The average Bonchev–Trinajstić information content (AvgIpc) is 2.40. The minimum atomic E-state index is -0.223. The topological polar surface area (TPSA) is 41.6 Å². The minimum absolute atomic E-state index is 0. The predicted molar refractivity (Wildman–Crippen MR) is 74.0 cm³/mol. The van der Waals surface area contributed by atoms with Crippen molar-refractivity contribution in [3.8, 4) is 0 Å². The van der Waals surface area contributed by atoms with Crippen LogP contribution in [0.4, 0.5) is 0 Å². The maximum atomic E-state index is 12.6. The van der Waals surface area contributed by atoms with Crippen LogP contribution >= 0.6 is 12.4 Å². The summed E-state index contributed by atoms with van der Waals surface area (Å²) in [5.74, 6) is 0.826. The van der Waals surface area contributed by atoms with Gasteiger partial charge in [0.1, 0.15) is 0 Å². The third-order valence-electron chi connectivity index (χ3n) is 4.21. The highest BCUT2D eigenvalue weighted by Crippen LogP contribution is 2.35. The molecule has 0 unspecified atom stereocenters. The van der Waals surface area contributed by atoms with E-state index in [1.54, 1.807) is 0 Å². The number of nitrogens with zero attached hydrogens (tertiary/aromatic N) is 1. The van der Waals surface area contributed by atoms with E-state index in [1.807, 2.05) is 4.90 Å². The molecule has 0 aliphatic carbocycles. The number of amides is 1. The third kappa shape index (κ3) is 3.37. The standard InChI is InChI=1S/C13H24N2O2.ClH/c1-13(2,11-3-5-14-6-4-11)12(16)15-7-9-17-10-8-15;/h11,14H,3-10H2,1-2H3;1H. The van der Waals surface area contributed by atoms with Gasteiger partial charge in [-0.3, -0.25) is 4.79 Å². The minimum Gasteiger partial charge on any atom is -0.378 e. The predicted octanol–water partition coefficient (Wildman–Crippen LogP) is 1.29. The fourth-order valence-corrected chi connectivity index (χ4v) is 2.89. The highest BCUT2D eigenvalue weighted by Gasteiger charge is 2.39. The molecule has 2 aliphatic rings. The van der Waals surface area contributed by atoms with Gasteiger partial charge in [-0.15, -0.1) is 12.4 Å². The van der Waals surface area contributed by atoms with Crippen LogP contribution in [0.1, 0.15) is 26.7 Å². The lowest BCUT2D eigenvalue weighted by molar-refractivity contribution is -0.148. The Morgan fingerprint density at radius 3 is 2.33 bits per heavy atom. The van der Waals surface area contributed by atoms with Crippen LogP contribution in [-0.4, -0.2) is 50.2 Å². The summed E-state index contributed by atoms with van der Waals surface area (Å²) in [6, 6.07) is 0. The van der Waals surface area contributed by atoms with E-state index in [-0.39, 0.29) is 17.8 Å². The van der Waals surface area contributed by atoms with Crippen molar-refractivity contribution in [1.82, 2.24) is 10.2 Å². The maximum absolute atomic E-state index is 12.6. The highest BCUT2D eigenvalue weighted by atomic mass is 35.5. The lowest BCUT2D eigenvalue weighted by atomic mass is 9.73. The van der Waals surface area contributed by atoms with Crippen molar-refractivity contribution in [2.24, 2.45) is 11.3 Å². The van der Waals surface area contributed by atoms with E-state index in [1.165, 1.54) is 0 Å². The van der Waals surface area contributed by atoms with Gasteiger partial charge < -0.3 is 15.0 Å². The number of carbonyl (C=O) groups excluding carboxylic acids is 1. The fraction of sp³-hybridized carbons (Fsp3) is 0.923. The van der Waals surface area contributed by atoms with E-state index in [0.29, 0.717) is 25.0 Å². The molecule has 1 amide bonds. The number of hydrogen-bond acceptors (Lipinski definition) is 3. The lowest BCUT2D eigenvalue weighted by Gasteiger charge is -2.40. The van der Waals surface area contributed by atoms with E-state index >= 15 is 0 Å². The van der Waals surface area contributed by atoms with Crippen molar-refractivity contribution < 1.29 is 9.53 Å². The normalized spacial score (nSPS) is 22.4. The first-order valence-corrected chi connectivity index (χ1v) is 6.70. The van der Waals surface area contributed by atoms with Crippen LogP contribution < -0.4 is 5.32 Å². The molecule has 2 fully saturated rings. The number of carbonyl (C=O) groups is 1. The Morgan fingerprint density at radius 1 is 1.22 bits per heavy atom. The van der Waals surface area contributed by atoms with Gasteiger partial charge in [0.15, 0.2) is 0 Å². The molecule has 18 heavy (non-hydrogen) atoms. The molecule has 0 saturated carbocycles. The van der Waals surface area contributed by atoms with Crippen LogP contribution in [0.3, 0.4) is 0 Å². The second-order valence-corrected chi connectivity index (χ2v) is 5.65. The van der Waals surface area contributed by atoms with Gasteiger partial charge in [-0.1, -0.05) is 13.8 Å². The van der Waals surface area contributed by atoms with Gasteiger partial charge >= 0.3 is 0 Å². The van der Waals surface area contributed by atoms with Gasteiger partial charge in [0.05, 0.1) is 13.2 Å². The molecule has 0 aromatic heterocycles. The molecular formula is C13H25ClN2O2. The van der Waals surface area contributed by atoms with E-state index in [0.717, 1.165) is 39.0 Å². The number of halogens is 1. The number of morpholine rings is 1. The molecule has 2 saturated heterocycles. The Labute approximate surface area is 116 Å². The summed E-state index contributed by atoms with van der Waals surface area (Å²) >= 11 is 0. The molecule has 0 radical (unpaired) electrons. The maximum Gasteiger partial charge on any atom is 0.228 e. The summed E-state index contributed by atoms with van der Waals surface area (Å²) in [5.41, 5.74) is -0.223. The van der Waals surface area contributed by atoms with Gasteiger partial charge in [0, 0.05) is 18.5 Å². The molecule has 0 atom stereocenters. The molecule has 0 spiro atoms. The second kappa shape index (κ2) is 6.73. The van der Waals surface area contributed by atoms with Crippen molar-refractivity contribution in [2.75, 3.05) is 39.4 Å². The zero-order chi connectivity index (χ0) is 12.3. The van der Waals surface area contributed by atoms with Crippen molar-refractivity contribution in [3.05, 3.63) is 0 Å². The Bertz CT molecular complexity index is 272. The van der Waals surface area contributed by atoms with Crippen LogP contribution in [0.15, 0.2) is 0 Å². The Hall–Kier alpha value is -0.320. The molecule has 2 rings (SSSR count). The molecule has 1 N–H and O–H groups in total. The molecule has 5 heteroatoms. The number of ether oxygens (including phenoxy) is 1. The van der Waals surface area contributed by atoms with Crippen LogP contribution in [0.25, 0.3) is 0 Å².